The van der Waals surface area contributed by atoms with E-state index in [2.05, 4.69) is 32.1 Å². The van der Waals surface area contributed by atoms with Gasteiger partial charge in [-0.1, -0.05) is 36.5 Å². The molecule has 152 valence electrons. The Morgan fingerprint density at radius 1 is 1.24 bits per heavy atom. The summed E-state index contributed by atoms with van der Waals surface area (Å²) in [5, 5.41) is 12.0. The van der Waals surface area contributed by atoms with Crippen molar-refractivity contribution in [1.82, 2.24) is 4.98 Å². The van der Waals surface area contributed by atoms with Crippen LogP contribution in [0.25, 0.3) is 10.2 Å². The molecule has 0 spiro atoms. The van der Waals surface area contributed by atoms with E-state index in [1.165, 1.54) is 33.9 Å². The summed E-state index contributed by atoms with van der Waals surface area (Å²) in [7, 11) is 4.11. The highest BCUT2D eigenvalue weighted by Crippen LogP contribution is 2.32. The number of nitro groups is 1. The number of amides is 1. The topological polar surface area (TPSA) is 80.8 Å². The standard InChI is InChI=1S/C21H24N4O3S/c1-4-15-10-11-17-19(14-15)29-21(22-17)24(13-7-12-23(2)3)20(26)16-8-5-6-9-18(16)25(27)28/h5-6,8-11,14H,4,7,12-13H2,1-3H3/p+1. The second-order valence-electron chi connectivity index (χ2n) is 7.19. The van der Waals surface area contributed by atoms with Gasteiger partial charge in [0.1, 0.15) is 5.56 Å². The molecule has 1 heterocycles. The number of fused-ring (bicyclic) bond motifs is 1. The van der Waals surface area contributed by atoms with Crippen molar-refractivity contribution in [3.63, 3.8) is 0 Å². The number of hydrogen-bond acceptors (Lipinski definition) is 5. The smallest absolute Gasteiger partial charge is 0.282 e. The second kappa shape index (κ2) is 9.11. The molecule has 0 fully saturated rings. The second-order valence-corrected chi connectivity index (χ2v) is 8.20. The number of nitro benzene ring substituents is 1. The first-order valence-electron chi connectivity index (χ1n) is 9.64. The maximum Gasteiger partial charge on any atom is 0.282 e. The summed E-state index contributed by atoms with van der Waals surface area (Å²) >= 11 is 1.45. The molecule has 0 saturated carbocycles. The van der Waals surface area contributed by atoms with E-state index < -0.39 is 4.92 Å². The third kappa shape index (κ3) is 4.78. The van der Waals surface area contributed by atoms with Gasteiger partial charge in [0.2, 0.25) is 0 Å². The molecule has 0 aliphatic heterocycles. The largest absolute Gasteiger partial charge is 0.340 e. The Morgan fingerprint density at radius 3 is 2.69 bits per heavy atom. The first-order chi connectivity index (χ1) is 13.9. The average molecular weight is 414 g/mol. The van der Waals surface area contributed by atoms with Gasteiger partial charge in [-0.05, 0) is 30.2 Å². The maximum absolute atomic E-state index is 13.3. The molecule has 0 unspecified atom stereocenters. The lowest BCUT2D eigenvalue weighted by Crippen LogP contribution is -3.05. The Morgan fingerprint density at radius 2 is 2.00 bits per heavy atom. The normalized spacial score (nSPS) is 11.2. The molecule has 29 heavy (non-hydrogen) atoms. The number of rotatable bonds is 8. The molecule has 0 aliphatic carbocycles. The number of nitrogens with one attached hydrogen (secondary N) is 1. The van der Waals surface area contributed by atoms with Gasteiger partial charge >= 0.3 is 0 Å². The number of para-hydroxylation sites is 1. The number of carbonyl (C=O) groups excluding carboxylic acids is 1. The van der Waals surface area contributed by atoms with Crippen molar-refractivity contribution in [2.45, 2.75) is 19.8 Å². The summed E-state index contributed by atoms with van der Waals surface area (Å²) in [5.74, 6) is -0.388. The van der Waals surface area contributed by atoms with E-state index in [9.17, 15) is 14.9 Å². The van der Waals surface area contributed by atoms with Gasteiger partial charge in [0, 0.05) is 19.0 Å². The molecule has 0 aliphatic rings. The molecular formula is C21H25N4O3S+. The zero-order chi connectivity index (χ0) is 21.0. The summed E-state index contributed by atoms with van der Waals surface area (Å²) in [4.78, 5) is 31.8. The van der Waals surface area contributed by atoms with Gasteiger partial charge in [-0.2, -0.15) is 0 Å². The number of nitrogens with zero attached hydrogens (tertiary/aromatic N) is 3. The zero-order valence-corrected chi connectivity index (χ0v) is 17.7. The van der Waals surface area contributed by atoms with E-state index in [1.54, 1.807) is 17.0 Å². The lowest BCUT2D eigenvalue weighted by molar-refractivity contribution is -0.858. The van der Waals surface area contributed by atoms with Crippen molar-refractivity contribution >= 4 is 38.3 Å². The van der Waals surface area contributed by atoms with Crippen molar-refractivity contribution in [3.05, 3.63) is 63.7 Å². The molecule has 8 heteroatoms. The highest BCUT2D eigenvalue weighted by molar-refractivity contribution is 7.22. The minimum absolute atomic E-state index is 0.0863. The van der Waals surface area contributed by atoms with E-state index in [1.807, 2.05) is 12.1 Å². The first kappa shape index (κ1) is 20.9. The first-order valence-corrected chi connectivity index (χ1v) is 10.5. The molecule has 0 bridgehead atoms. The van der Waals surface area contributed by atoms with Crippen LogP contribution in [0.5, 0.6) is 0 Å². The van der Waals surface area contributed by atoms with Gasteiger partial charge < -0.3 is 4.90 Å². The number of aromatic nitrogens is 1. The lowest BCUT2D eigenvalue weighted by atomic mass is 10.1. The summed E-state index contributed by atoms with van der Waals surface area (Å²) in [6.45, 7) is 3.43. The fourth-order valence-electron chi connectivity index (χ4n) is 3.13. The number of aryl methyl sites for hydroxylation is 1. The fraction of sp³-hybridized carbons (Fsp3) is 0.333. The molecule has 0 radical (unpaired) electrons. The predicted octanol–water partition coefficient (Wildman–Crippen LogP) is 2.95. The van der Waals surface area contributed by atoms with Crippen molar-refractivity contribution in [3.8, 4) is 0 Å². The Labute approximate surface area is 173 Å². The summed E-state index contributed by atoms with van der Waals surface area (Å²) < 4.78 is 1.01. The van der Waals surface area contributed by atoms with Crippen molar-refractivity contribution < 1.29 is 14.6 Å². The predicted molar refractivity (Wildman–Crippen MR) is 116 cm³/mol. The van der Waals surface area contributed by atoms with Crippen molar-refractivity contribution in [2.24, 2.45) is 0 Å². The summed E-state index contributed by atoms with van der Waals surface area (Å²) in [5.41, 5.74) is 1.94. The molecule has 1 amide bonds. The van der Waals surface area contributed by atoms with Crippen LogP contribution >= 0.6 is 11.3 Å². The van der Waals surface area contributed by atoms with Crippen LogP contribution in [0.3, 0.4) is 0 Å². The molecular weight excluding hydrogens is 388 g/mol. The molecule has 0 saturated heterocycles. The van der Waals surface area contributed by atoms with Crippen LogP contribution in [-0.4, -0.2) is 43.0 Å². The third-order valence-electron chi connectivity index (χ3n) is 4.72. The van der Waals surface area contributed by atoms with Gasteiger partial charge in [0.15, 0.2) is 5.13 Å². The molecule has 7 nitrogen and oxygen atoms in total. The lowest BCUT2D eigenvalue weighted by Gasteiger charge is -2.20. The van der Waals surface area contributed by atoms with E-state index in [4.69, 9.17) is 0 Å². The van der Waals surface area contributed by atoms with Crippen LogP contribution in [0.4, 0.5) is 10.8 Å². The van der Waals surface area contributed by atoms with Crippen LogP contribution in [0.1, 0.15) is 29.3 Å². The fourth-order valence-corrected chi connectivity index (χ4v) is 4.18. The van der Waals surface area contributed by atoms with Gasteiger partial charge in [-0.15, -0.1) is 0 Å². The van der Waals surface area contributed by atoms with Crippen LogP contribution in [0.15, 0.2) is 42.5 Å². The highest BCUT2D eigenvalue weighted by Gasteiger charge is 2.27. The van der Waals surface area contributed by atoms with Gasteiger partial charge in [0.25, 0.3) is 11.6 Å². The zero-order valence-electron chi connectivity index (χ0n) is 16.8. The molecule has 3 rings (SSSR count). The third-order valence-corrected chi connectivity index (χ3v) is 5.76. The van der Waals surface area contributed by atoms with Crippen molar-refractivity contribution in [2.75, 3.05) is 32.1 Å². The van der Waals surface area contributed by atoms with Crippen LogP contribution < -0.4 is 9.80 Å². The number of anilines is 1. The van der Waals surface area contributed by atoms with Gasteiger partial charge in [-0.3, -0.25) is 19.8 Å². The Hall–Kier alpha value is -2.84. The summed E-state index contributed by atoms with van der Waals surface area (Å²) in [6, 6.07) is 12.2. The van der Waals surface area contributed by atoms with Gasteiger partial charge in [0.05, 0.1) is 35.8 Å². The quantitative estimate of drug-likeness (QED) is 0.455. The molecule has 0 atom stereocenters. The molecule has 2 aromatic carbocycles. The van der Waals surface area contributed by atoms with E-state index >= 15 is 0 Å². The number of carbonyl (C=O) groups is 1. The number of benzene rings is 2. The minimum atomic E-state index is -0.513. The average Bonchev–Trinajstić information content (AvgIpc) is 3.13. The molecule has 3 aromatic rings. The Bertz CT molecular complexity index is 1030. The number of thiazole rings is 1. The Kier molecular flexibility index (Phi) is 6.56. The SMILES string of the molecule is CCc1ccc2nc(N(CCC[NH+](C)C)C(=O)c3ccccc3[N+](=O)[O-])sc2c1. The monoisotopic (exact) mass is 413 g/mol. The minimum Gasteiger partial charge on any atom is -0.340 e. The highest BCUT2D eigenvalue weighted by atomic mass is 32.1. The van der Waals surface area contributed by atoms with Gasteiger partial charge in [-0.25, -0.2) is 4.98 Å². The summed E-state index contributed by atoms with van der Waals surface area (Å²) in [6.07, 6.45) is 1.69. The van der Waals surface area contributed by atoms with Crippen molar-refractivity contribution in [1.29, 1.82) is 0 Å². The molecule has 1 aromatic heterocycles. The number of quaternary nitrogens is 1. The molecule has 1 N–H and O–H groups in total. The maximum atomic E-state index is 13.3. The number of hydrogen-bond donors (Lipinski definition) is 1. The van der Waals surface area contributed by atoms with E-state index in [0.29, 0.717) is 11.7 Å². The Balaban J connectivity index is 2.00. The van der Waals surface area contributed by atoms with E-state index in [-0.39, 0.29) is 17.2 Å². The van der Waals surface area contributed by atoms with E-state index in [0.717, 1.165) is 29.6 Å². The van der Waals surface area contributed by atoms with Crippen LogP contribution in [0, 0.1) is 10.1 Å². The van der Waals surface area contributed by atoms with Crippen LogP contribution in [-0.2, 0) is 6.42 Å². The van der Waals surface area contributed by atoms with Crippen LogP contribution in [0.2, 0.25) is 0 Å².